The van der Waals surface area contributed by atoms with Gasteiger partial charge in [-0.25, -0.2) is 4.98 Å². The molecule has 0 saturated carbocycles. The van der Waals surface area contributed by atoms with Gasteiger partial charge in [0.2, 0.25) is 11.8 Å². The molecule has 0 aliphatic carbocycles. The molecule has 2 heterocycles. The Kier molecular flexibility index (Phi) is 8.70. The maximum Gasteiger partial charge on any atom is 0.228 e. The highest BCUT2D eigenvalue weighted by Crippen LogP contribution is 2.26. The number of ether oxygens (including phenoxy) is 2. The molecule has 1 saturated heterocycles. The first-order valence-electron chi connectivity index (χ1n) is 10.6. The zero-order chi connectivity index (χ0) is 22.1. The fourth-order valence-electron chi connectivity index (χ4n) is 3.48. The lowest BCUT2D eigenvalue weighted by atomic mass is 9.95. The lowest BCUT2D eigenvalue weighted by Gasteiger charge is -2.31. The standard InChI is InChI=1S/C23H28BrN3O4/c1-2-30-19-6-3-4-7-20(19)31-15-5-8-22(28)27-13-11-17(12-14-27)23(29)26-21-10-9-18(24)16-25-21/h3-4,6-7,9-10,16-17H,2,5,8,11-15H2,1H3,(H,25,26,29). The van der Waals surface area contributed by atoms with Gasteiger partial charge in [0, 0.05) is 36.1 Å². The number of amides is 2. The van der Waals surface area contributed by atoms with E-state index in [-0.39, 0.29) is 17.7 Å². The number of likely N-dealkylation sites (tertiary alicyclic amines) is 1. The molecule has 1 fully saturated rings. The third kappa shape index (κ3) is 6.95. The van der Waals surface area contributed by atoms with E-state index in [1.165, 1.54) is 0 Å². The Bertz CT molecular complexity index is 867. The van der Waals surface area contributed by atoms with Crippen LogP contribution in [0.5, 0.6) is 11.5 Å². The van der Waals surface area contributed by atoms with Gasteiger partial charge in [-0.05, 0) is 66.4 Å². The Balaban J connectivity index is 1.36. The summed E-state index contributed by atoms with van der Waals surface area (Å²) in [5, 5.41) is 2.85. The van der Waals surface area contributed by atoms with Crippen molar-refractivity contribution in [2.45, 2.75) is 32.6 Å². The molecule has 31 heavy (non-hydrogen) atoms. The van der Waals surface area contributed by atoms with Crippen LogP contribution in [-0.2, 0) is 9.59 Å². The lowest BCUT2D eigenvalue weighted by molar-refractivity contribution is -0.134. The van der Waals surface area contributed by atoms with Crippen LogP contribution in [0.2, 0.25) is 0 Å². The highest BCUT2D eigenvalue weighted by Gasteiger charge is 2.27. The quantitative estimate of drug-likeness (QED) is 0.531. The van der Waals surface area contributed by atoms with Crippen molar-refractivity contribution in [1.29, 1.82) is 0 Å². The van der Waals surface area contributed by atoms with Gasteiger partial charge in [0.25, 0.3) is 0 Å². The maximum absolute atomic E-state index is 12.5. The third-order valence-electron chi connectivity index (χ3n) is 5.14. The zero-order valence-corrected chi connectivity index (χ0v) is 19.3. The monoisotopic (exact) mass is 489 g/mol. The highest BCUT2D eigenvalue weighted by molar-refractivity contribution is 9.10. The number of hydrogen-bond donors (Lipinski definition) is 1. The first-order chi connectivity index (χ1) is 15.1. The minimum absolute atomic E-state index is 0.0386. The van der Waals surface area contributed by atoms with Crippen LogP contribution >= 0.6 is 15.9 Å². The highest BCUT2D eigenvalue weighted by atomic mass is 79.9. The molecule has 1 aromatic heterocycles. The summed E-state index contributed by atoms with van der Waals surface area (Å²) < 4.78 is 12.2. The van der Waals surface area contributed by atoms with Gasteiger partial charge in [-0.1, -0.05) is 12.1 Å². The molecule has 3 rings (SSSR count). The summed E-state index contributed by atoms with van der Waals surface area (Å²) >= 11 is 3.33. The van der Waals surface area contributed by atoms with Crippen LogP contribution in [0.15, 0.2) is 47.1 Å². The topological polar surface area (TPSA) is 80.8 Å². The van der Waals surface area contributed by atoms with Crippen LogP contribution in [-0.4, -0.2) is 48.0 Å². The zero-order valence-electron chi connectivity index (χ0n) is 17.7. The number of halogens is 1. The number of nitrogens with one attached hydrogen (secondary N) is 1. The number of carbonyl (C=O) groups excluding carboxylic acids is 2. The number of benzene rings is 1. The summed E-state index contributed by atoms with van der Waals surface area (Å²) in [5.41, 5.74) is 0. The van der Waals surface area contributed by atoms with Crippen LogP contribution in [0.25, 0.3) is 0 Å². The molecule has 8 heteroatoms. The van der Waals surface area contributed by atoms with Crippen LogP contribution in [0.1, 0.15) is 32.6 Å². The average molecular weight is 490 g/mol. The van der Waals surface area contributed by atoms with Gasteiger partial charge in [0.05, 0.1) is 13.2 Å². The first kappa shape index (κ1) is 23.1. The molecule has 0 unspecified atom stereocenters. The van der Waals surface area contributed by atoms with Gasteiger partial charge in [-0.15, -0.1) is 0 Å². The first-order valence-corrected chi connectivity index (χ1v) is 11.4. The molecule has 7 nitrogen and oxygen atoms in total. The van der Waals surface area contributed by atoms with Gasteiger partial charge in [0.15, 0.2) is 11.5 Å². The summed E-state index contributed by atoms with van der Waals surface area (Å²) in [6.07, 6.45) is 4.03. The van der Waals surface area contributed by atoms with E-state index in [4.69, 9.17) is 9.47 Å². The summed E-state index contributed by atoms with van der Waals surface area (Å²) in [6.45, 7) is 4.15. The van der Waals surface area contributed by atoms with Crippen LogP contribution in [0, 0.1) is 5.92 Å². The predicted molar refractivity (Wildman–Crippen MR) is 122 cm³/mol. The number of nitrogens with zero attached hydrogens (tertiary/aromatic N) is 2. The molecule has 1 aliphatic rings. The number of aromatic nitrogens is 1. The predicted octanol–water partition coefficient (Wildman–Crippen LogP) is 4.28. The van der Waals surface area contributed by atoms with Crippen LogP contribution < -0.4 is 14.8 Å². The summed E-state index contributed by atoms with van der Waals surface area (Å²) in [4.78, 5) is 31.0. The number of pyridine rings is 1. The normalized spacial score (nSPS) is 14.2. The molecule has 0 radical (unpaired) electrons. The fourth-order valence-corrected chi connectivity index (χ4v) is 3.71. The molecule has 0 atom stereocenters. The van der Waals surface area contributed by atoms with E-state index in [0.717, 1.165) is 10.2 Å². The minimum Gasteiger partial charge on any atom is -0.490 e. The summed E-state index contributed by atoms with van der Waals surface area (Å²) in [7, 11) is 0. The second kappa shape index (κ2) is 11.7. The summed E-state index contributed by atoms with van der Waals surface area (Å²) in [6, 6.07) is 11.1. The molecular weight excluding hydrogens is 462 g/mol. The fraction of sp³-hybridized carbons (Fsp3) is 0.435. The van der Waals surface area contributed by atoms with E-state index in [1.807, 2.05) is 42.2 Å². The van der Waals surface area contributed by atoms with Crippen molar-refractivity contribution in [3.8, 4) is 11.5 Å². The van der Waals surface area contributed by atoms with Crippen LogP contribution in [0.4, 0.5) is 5.82 Å². The van der Waals surface area contributed by atoms with Gasteiger partial charge >= 0.3 is 0 Å². The van der Waals surface area contributed by atoms with E-state index >= 15 is 0 Å². The number of hydrogen-bond acceptors (Lipinski definition) is 5. The van der Waals surface area contributed by atoms with Gasteiger partial charge in [-0.3, -0.25) is 9.59 Å². The van der Waals surface area contributed by atoms with Gasteiger partial charge < -0.3 is 19.7 Å². The van der Waals surface area contributed by atoms with Crippen LogP contribution in [0.3, 0.4) is 0 Å². The minimum atomic E-state index is -0.104. The van der Waals surface area contributed by atoms with Gasteiger partial charge in [-0.2, -0.15) is 0 Å². The van der Waals surface area contributed by atoms with Gasteiger partial charge in [0.1, 0.15) is 5.82 Å². The van der Waals surface area contributed by atoms with Crippen molar-refractivity contribution in [3.63, 3.8) is 0 Å². The molecule has 2 amide bonds. The van der Waals surface area contributed by atoms with E-state index in [9.17, 15) is 9.59 Å². The molecule has 166 valence electrons. The van der Waals surface area contributed by atoms with Crippen molar-refractivity contribution in [2.75, 3.05) is 31.6 Å². The molecule has 1 N–H and O–H groups in total. The third-order valence-corrected chi connectivity index (χ3v) is 5.61. The van der Waals surface area contributed by atoms with E-state index in [1.54, 1.807) is 12.3 Å². The largest absolute Gasteiger partial charge is 0.490 e. The Labute approximate surface area is 191 Å². The second-order valence-electron chi connectivity index (χ2n) is 7.34. The van der Waals surface area contributed by atoms with Crippen molar-refractivity contribution in [1.82, 2.24) is 9.88 Å². The summed E-state index contributed by atoms with van der Waals surface area (Å²) in [5.74, 6) is 1.92. The molecule has 1 aliphatic heterocycles. The van der Waals surface area contributed by atoms with Crippen molar-refractivity contribution >= 4 is 33.6 Å². The molecule has 1 aromatic carbocycles. The molecular formula is C23H28BrN3O4. The number of para-hydroxylation sites is 2. The van der Waals surface area contributed by atoms with E-state index < -0.39 is 0 Å². The van der Waals surface area contributed by atoms with Crippen molar-refractivity contribution in [2.24, 2.45) is 5.92 Å². The Morgan fingerprint density at radius 2 is 1.84 bits per heavy atom. The van der Waals surface area contributed by atoms with E-state index in [2.05, 4.69) is 26.2 Å². The Hall–Kier alpha value is -2.61. The Morgan fingerprint density at radius 1 is 1.13 bits per heavy atom. The number of piperidine rings is 1. The van der Waals surface area contributed by atoms with Crippen molar-refractivity contribution in [3.05, 3.63) is 47.1 Å². The number of anilines is 1. The van der Waals surface area contributed by atoms with E-state index in [0.29, 0.717) is 63.6 Å². The SMILES string of the molecule is CCOc1ccccc1OCCCC(=O)N1CCC(C(=O)Nc2ccc(Br)cn2)CC1. The number of rotatable bonds is 9. The average Bonchev–Trinajstić information content (AvgIpc) is 2.79. The Morgan fingerprint density at radius 3 is 2.48 bits per heavy atom. The lowest BCUT2D eigenvalue weighted by Crippen LogP contribution is -2.41. The maximum atomic E-state index is 12.5. The number of carbonyl (C=O) groups is 2. The molecule has 0 spiro atoms. The molecule has 2 aromatic rings. The second-order valence-corrected chi connectivity index (χ2v) is 8.25. The smallest absolute Gasteiger partial charge is 0.228 e. The van der Waals surface area contributed by atoms with Crippen molar-refractivity contribution < 1.29 is 19.1 Å². The molecule has 0 bridgehead atoms.